The van der Waals surface area contributed by atoms with Gasteiger partial charge in [0.05, 0.1) is 19.3 Å². The van der Waals surface area contributed by atoms with Crippen LogP contribution in [0.3, 0.4) is 0 Å². The van der Waals surface area contributed by atoms with Crippen LogP contribution in [0.15, 0.2) is 48.7 Å². The predicted molar refractivity (Wildman–Crippen MR) is 138 cm³/mol. The van der Waals surface area contributed by atoms with Gasteiger partial charge in [0.2, 0.25) is 5.91 Å². The highest BCUT2D eigenvalue weighted by atomic mass is 16.5. The number of methoxy groups -OCH3 is 1. The molecule has 4 bridgehead atoms. The average molecular weight is 535 g/mol. The van der Waals surface area contributed by atoms with Gasteiger partial charge in [0.25, 0.3) is 11.8 Å². The second kappa shape index (κ2) is 11.8. The minimum atomic E-state index is -0.500. The predicted octanol–water partition coefficient (Wildman–Crippen LogP) is 1.23. The van der Waals surface area contributed by atoms with Crippen LogP contribution in [0.2, 0.25) is 0 Å². The molecule has 0 unspecified atom stereocenters. The van der Waals surface area contributed by atoms with Gasteiger partial charge in [-0.15, -0.1) is 0 Å². The molecule has 39 heavy (non-hydrogen) atoms. The topological polar surface area (TPSA) is 148 Å². The number of hydrogen-bond donors (Lipinski definition) is 3. The Morgan fingerprint density at radius 1 is 1.08 bits per heavy atom. The first-order chi connectivity index (χ1) is 19.0. The molecule has 3 aromatic rings. The van der Waals surface area contributed by atoms with Gasteiger partial charge in [-0.3, -0.25) is 14.4 Å². The maximum Gasteiger partial charge on any atom is 0.276 e. The number of ether oxygens (including phenoxy) is 3. The van der Waals surface area contributed by atoms with E-state index in [-0.39, 0.29) is 42.7 Å². The number of nitrogens with one attached hydrogen (secondary N) is 3. The first-order valence-corrected chi connectivity index (χ1v) is 12.7. The molecule has 5 aliphatic rings. The van der Waals surface area contributed by atoms with Gasteiger partial charge >= 0.3 is 0 Å². The highest BCUT2D eigenvalue weighted by molar-refractivity contribution is 5.92. The van der Waals surface area contributed by atoms with Crippen molar-refractivity contribution in [2.75, 3.05) is 26.8 Å². The highest BCUT2D eigenvalue weighted by Gasteiger charge is 2.35. The van der Waals surface area contributed by atoms with Crippen molar-refractivity contribution in [2.24, 2.45) is 0 Å². The molecule has 8 rings (SSSR count). The van der Waals surface area contributed by atoms with E-state index in [9.17, 15) is 14.4 Å². The van der Waals surface area contributed by atoms with Crippen molar-refractivity contribution in [1.82, 2.24) is 30.9 Å². The molecule has 1 aromatic heterocycles. The molecule has 2 atom stereocenters. The number of aromatic nitrogens is 3. The van der Waals surface area contributed by atoms with E-state index in [0.717, 1.165) is 11.1 Å². The van der Waals surface area contributed by atoms with Gasteiger partial charge in [0, 0.05) is 32.5 Å². The molecule has 1 fully saturated rings. The summed E-state index contributed by atoms with van der Waals surface area (Å²) in [5, 5.41) is 16.0. The van der Waals surface area contributed by atoms with Crippen LogP contribution in [0, 0.1) is 0 Å². The number of rotatable bonds is 2. The van der Waals surface area contributed by atoms with Crippen molar-refractivity contribution >= 4 is 17.7 Å². The third kappa shape index (κ3) is 6.46. The summed E-state index contributed by atoms with van der Waals surface area (Å²) in [4.78, 5) is 39.9. The van der Waals surface area contributed by atoms with Crippen molar-refractivity contribution in [1.29, 1.82) is 0 Å². The Kier molecular flexibility index (Phi) is 7.90. The summed E-state index contributed by atoms with van der Waals surface area (Å²) in [6.45, 7) is 0.792. The van der Waals surface area contributed by atoms with Gasteiger partial charge in [0.1, 0.15) is 11.9 Å². The molecule has 3 N–H and O–H groups in total. The zero-order valence-electron chi connectivity index (χ0n) is 21.5. The second-order valence-electron chi connectivity index (χ2n) is 9.42. The van der Waals surface area contributed by atoms with Crippen molar-refractivity contribution in [2.45, 2.75) is 38.0 Å². The fourth-order valence-electron chi connectivity index (χ4n) is 4.65. The lowest BCUT2D eigenvalue weighted by atomic mass is 10.0. The standard InChI is InChI=1S/C27H30N6O6/c1-37-24-12-17-4-8-23(24)38-16-26(35)30-21-15-33(27(36)20-14-29-32-31-20)11-10-22(21)39-19-6-2-18(3-7-19)13-28-25(34)9-5-17/h2-4,6-8,12,14,21-22H,5,9-11,13,15-16H2,1H3,(H,28,34)(H,30,35)(H,29,31,32)/t21-,22-/m1/s1. The van der Waals surface area contributed by atoms with Crippen LogP contribution in [0.25, 0.3) is 0 Å². The molecule has 204 valence electrons. The Labute approximate surface area is 225 Å². The summed E-state index contributed by atoms with van der Waals surface area (Å²) in [5.74, 6) is 0.801. The summed E-state index contributed by atoms with van der Waals surface area (Å²) in [5.41, 5.74) is 2.05. The third-order valence-electron chi connectivity index (χ3n) is 6.75. The maximum atomic E-state index is 13.0. The first kappa shape index (κ1) is 26.0. The Balaban J connectivity index is 1.37. The molecule has 2 aromatic carbocycles. The van der Waals surface area contributed by atoms with E-state index in [4.69, 9.17) is 14.2 Å². The minimum absolute atomic E-state index is 0.0598. The number of aryl methyl sites for hydroxylation is 1. The van der Waals surface area contributed by atoms with Crippen LogP contribution in [0.4, 0.5) is 0 Å². The minimum Gasteiger partial charge on any atom is -0.493 e. The van der Waals surface area contributed by atoms with E-state index in [0.29, 0.717) is 49.6 Å². The molecule has 3 amide bonds. The van der Waals surface area contributed by atoms with Gasteiger partial charge in [-0.05, 0) is 41.8 Å². The number of carbonyl (C=O) groups is 3. The molecule has 1 saturated heterocycles. The smallest absolute Gasteiger partial charge is 0.276 e. The maximum absolute atomic E-state index is 13.0. The van der Waals surface area contributed by atoms with Gasteiger partial charge in [0.15, 0.2) is 23.8 Å². The van der Waals surface area contributed by atoms with Crippen molar-refractivity contribution in [3.63, 3.8) is 0 Å². The zero-order valence-corrected chi connectivity index (χ0v) is 21.5. The van der Waals surface area contributed by atoms with Gasteiger partial charge in [-0.1, -0.05) is 18.2 Å². The molecule has 0 saturated carbocycles. The van der Waals surface area contributed by atoms with Crippen molar-refractivity contribution in [3.05, 3.63) is 65.5 Å². The van der Waals surface area contributed by atoms with Crippen LogP contribution in [-0.4, -0.2) is 77.0 Å². The van der Waals surface area contributed by atoms with E-state index in [1.165, 1.54) is 13.3 Å². The Morgan fingerprint density at radius 3 is 2.67 bits per heavy atom. The lowest BCUT2D eigenvalue weighted by Crippen LogP contribution is -2.58. The Hall–Kier alpha value is -4.61. The summed E-state index contributed by atoms with van der Waals surface area (Å²) in [6.07, 6.45) is 2.32. The average Bonchev–Trinajstić information content (AvgIpc) is 3.50. The van der Waals surface area contributed by atoms with Crippen LogP contribution in [0.5, 0.6) is 17.2 Å². The Morgan fingerprint density at radius 2 is 1.90 bits per heavy atom. The largest absolute Gasteiger partial charge is 0.493 e. The highest BCUT2D eigenvalue weighted by Crippen LogP contribution is 2.29. The Bertz CT molecular complexity index is 1310. The number of aromatic amines is 1. The van der Waals surface area contributed by atoms with Crippen LogP contribution in [0.1, 0.15) is 34.5 Å². The molecule has 6 heterocycles. The van der Waals surface area contributed by atoms with Gasteiger partial charge < -0.3 is 29.7 Å². The molecule has 5 aliphatic heterocycles. The third-order valence-corrected chi connectivity index (χ3v) is 6.75. The molecular formula is C27H30N6O6. The number of piperidine rings is 1. The van der Waals surface area contributed by atoms with Crippen LogP contribution in [-0.2, 0) is 22.6 Å². The van der Waals surface area contributed by atoms with E-state index >= 15 is 0 Å². The second-order valence-corrected chi connectivity index (χ2v) is 9.42. The number of carbonyl (C=O) groups excluding carboxylic acids is 3. The normalized spacial score (nSPS) is 20.2. The number of likely N-dealkylation sites (tertiary alicyclic amines) is 1. The lowest BCUT2D eigenvalue weighted by Gasteiger charge is -2.38. The molecular weight excluding hydrogens is 504 g/mol. The summed E-state index contributed by atoms with van der Waals surface area (Å²) in [7, 11) is 1.52. The lowest BCUT2D eigenvalue weighted by molar-refractivity contribution is -0.125. The first-order valence-electron chi connectivity index (χ1n) is 12.7. The van der Waals surface area contributed by atoms with Gasteiger partial charge in [-0.2, -0.15) is 15.4 Å². The number of benzene rings is 2. The monoisotopic (exact) mass is 534 g/mol. The van der Waals surface area contributed by atoms with Crippen molar-refractivity contribution in [3.8, 4) is 17.2 Å². The molecule has 0 spiro atoms. The molecule has 12 heteroatoms. The van der Waals surface area contributed by atoms with E-state index in [2.05, 4.69) is 26.0 Å². The van der Waals surface area contributed by atoms with E-state index < -0.39 is 6.04 Å². The van der Waals surface area contributed by atoms with Gasteiger partial charge in [-0.25, -0.2) is 0 Å². The van der Waals surface area contributed by atoms with E-state index in [1.807, 2.05) is 30.3 Å². The fourth-order valence-corrected chi connectivity index (χ4v) is 4.65. The number of hydrogen-bond acceptors (Lipinski definition) is 8. The number of nitrogens with zero attached hydrogens (tertiary/aromatic N) is 3. The van der Waals surface area contributed by atoms with Crippen molar-refractivity contribution < 1.29 is 28.6 Å². The van der Waals surface area contributed by atoms with Crippen LogP contribution >= 0.6 is 0 Å². The fraction of sp³-hybridized carbons (Fsp3) is 0.370. The molecule has 12 nitrogen and oxygen atoms in total. The zero-order chi connectivity index (χ0) is 27.2. The number of amides is 3. The van der Waals surface area contributed by atoms with Crippen LogP contribution < -0.4 is 24.8 Å². The quantitative estimate of drug-likeness (QED) is 0.445. The summed E-state index contributed by atoms with van der Waals surface area (Å²) >= 11 is 0. The molecule has 0 aliphatic carbocycles. The molecule has 0 radical (unpaired) electrons. The SMILES string of the molecule is COc1cc2ccc1OCC(=O)N[C@@H]1CN(C(=O)c3cn[nH]n3)CC[C@H]1Oc1ccc(cc1)CNC(=O)CC2. The number of H-pyrrole nitrogens is 1. The summed E-state index contributed by atoms with van der Waals surface area (Å²) in [6, 6.07) is 12.3. The van der Waals surface area contributed by atoms with E-state index in [1.54, 1.807) is 17.0 Å². The summed E-state index contributed by atoms with van der Waals surface area (Å²) < 4.78 is 17.5.